The molecule has 0 aliphatic carbocycles. The summed E-state index contributed by atoms with van der Waals surface area (Å²) in [6.45, 7) is 1.77. The molecule has 0 atom stereocenters. The fourth-order valence-electron chi connectivity index (χ4n) is 0.650. The van der Waals surface area contributed by atoms with Crippen LogP contribution in [0, 0.1) is 0 Å². The number of nitrogens with zero attached hydrogens (tertiary/aromatic N) is 1. The highest BCUT2D eigenvalue weighted by Gasteiger charge is 2.18. The molecule has 5 heteroatoms. The summed E-state index contributed by atoms with van der Waals surface area (Å²) in [7, 11) is 0. The van der Waals surface area contributed by atoms with Gasteiger partial charge in [0.2, 0.25) is 0 Å². The summed E-state index contributed by atoms with van der Waals surface area (Å²) < 4.78 is 26.5. The average molecular weight is 218 g/mol. The normalized spacial score (nSPS) is 15.3. The third kappa shape index (κ3) is 7.54. The topological polar surface area (TPSA) is 66.8 Å². The van der Waals surface area contributed by atoms with Crippen molar-refractivity contribution < 1.29 is 23.5 Å². The zero-order chi connectivity index (χ0) is 14.6. The van der Waals surface area contributed by atoms with Gasteiger partial charge in [0.1, 0.15) is 5.60 Å². The van der Waals surface area contributed by atoms with E-state index in [0.29, 0.717) is 4.90 Å². The van der Waals surface area contributed by atoms with Crippen LogP contribution in [0.4, 0.5) is 4.79 Å². The van der Waals surface area contributed by atoms with Gasteiger partial charge in [-0.1, -0.05) is 6.08 Å². The number of carbonyl (C=O) groups excluding carboxylic acids is 1. The Balaban J connectivity index is 4.80. The smallest absolute Gasteiger partial charge is 0.410 e. The first kappa shape index (κ1) is 8.76. The van der Waals surface area contributed by atoms with Crippen LogP contribution in [0.5, 0.6) is 0 Å². The molecule has 0 aliphatic heterocycles. The summed E-state index contributed by atoms with van der Waals surface area (Å²) in [6.07, 6.45) is 0.819. The summed E-state index contributed by atoms with van der Waals surface area (Å²) in [5.41, 5.74) is -0.822. The summed E-state index contributed by atoms with van der Waals surface area (Å²) in [5.74, 6) is -1.22. The maximum Gasteiger partial charge on any atom is 0.410 e. The van der Waals surface area contributed by atoms with Gasteiger partial charge in [-0.15, -0.1) is 0 Å². The van der Waals surface area contributed by atoms with Crippen molar-refractivity contribution in [3.05, 3.63) is 12.2 Å². The van der Waals surface area contributed by atoms with Crippen molar-refractivity contribution in [3.63, 3.8) is 0 Å². The Morgan fingerprint density at radius 3 is 2.53 bits per heavy atom. The van der Waals surface area contributed by atoms with Crippen LogP contribution >= 0.6 is 0 Å². The number of hydrogen-bond donors (Lipinski definition) is 1. The fourth-order valence-corrected chi connectivity index (χ4v) is 0.650. The summed E-state index contributed by atoms with van der Waals surface area (Å²) in [6, 6.07) is 0. The van der Waals surface area contributed by atoms with Gasteiger partial charge in [0, 0.05) is 23.7 Å². The highest BCUT2D eigenvalue weighted by Crippen LogP contribution is 2.08. The Bertz CT molecular complexity index is 344. The Hall–Kier alpha value is -1.52. The molecule has 86 valence electrons. The zero-order valence-electron chi connectivity index (χ0n) is 12.0. The third-order valence-corrected chi connectivity index (χ3v) is 1.16. The molecule has 0 radical (unpaired) electrons. The largest absolute Gasteiger partial charge is 0.478 e. The molecule has 1 N–H and O–H groups in total. The van der Waals surface area contributed by atoms with Crippen LogP contribution in [0.2, 0.25) is 0 Å². The quantitative estimate of drug-likeness (QED) is 0.729. The van der Waals surface area contributed by atoms with Crippen molar-refractivity contribution in [1.29, 1.82) is 0 Å². The monoisotopic (exact) mass is 218 g/mol. The van der Waals surface area contributed by atoms with Gasteiger partial charge in [-0.3, -0.25) is 0 Å². The predicted molar refractivity (Wildman–Crippen MR) is 55.6 cm³/mol. The van der Waals surface area contributed by atoms with Crippen LogP contribution in [0.1, 0.15) is 24.9 Å². The summed E-state index contributed by atoms with van der Waals surface area (Å²) in [4.78, 5) is 22.4. The van der Waals surface area contributed by atoms with Crippen LogP contribution in [0.3, 0.4) is 0 Å². The Kier molecular flexibility index (Phi) is 3.14. The number of rotatable bonds is 3. The minimum absolute atomic E-state index is 0.363. The van der Waals surface area contributed by atoms with Gasteiger partial charge in [0.05, 0.1) is 0 Å². The number of carbonyl (C=O) groups is 2. The third-order valence-electron chi connectivity index (χ3n) is 1.16. The molecule has 0 saturated carbocycles. The van der Waals surface area contributed by atoms with Crippen molar-refractivity contribution in [3.8, 4) is 0 Å². The highest BCUT2D eigenvalue weighted by molar-refractivity contribution is 5.79. The van der Waals surface area contributed by atoms with Crippen molar-refractivity contribution in [2.75, 3.05) is 13.5 Å². The van der Waals surface area contributed by atoms with E-state index in [1.807, 2.05) is 0 Å². The second kappa shape index (κ2) is 5.38. The van der Waals surface area contributed by atoms with Crippen LogP contribution in [-0.4, -0.2) is 41.2 Å². The van der Waals surface area contributed by atoms with E-state index >= 15 is 0 Å². The van der Waals surface area contributed by atoms with Gasteiger partial charge in [-0.25, -0.2) is 9.59 Å². The van der Waals surface area contributed by atoms with E-state index in [1.54, 1.807) is 20.8 Å². The zero-order valence-corrected chi connectivity index (χ0v) is 8.98. The first-order chi connectivity index (χ1) is 7.93. The summed E-state index contributed by atoms with van der Waals surface area (Å²) >= 11 is 0. The Labute approximate surface area is 93.5 Å². The molecular formula is C10H17NO4. The molecule has 0 aromatic rings. The van der Waals surface area contributed by atoms with Gasteiger partial charge in [-0.05, 0) is 20.8 Å². The molecule has 0 fully saturated rings. The second-order valence-electron chi connectivity index (χ2n) is 3.83. The van der Waals surface area contributed by atoms with Crippen molar-refractivity contribution in [2.45, 2.75) is 26.4 Å². The molecule has 1 amide bonds. The van der Waals surface area contributed by atoms with E-state index in [4.69, 9.17) is 14.0 Å². The average Bonchev–Trinajstić information content (AvgIpc) is 2.06. The van der Waals surface area contributed by atoms with Gasteiger partial charge in [0.25, 0.3) is 0 Å². The van der Waals surface area contributed by atoms with E-state index in [9.17, 15) is 9.59 Å². The number of carboxylic acids is 1. The molecule has 0 spiro atoms. The molecule has 0 aliphatic rings. The van der Waals surface area contributed by atoms with E-state index in [0.717, 1.165) is 12.2 Å². The van der Waals surface area contributed by atoms with E-state index in [-0.39, 0.29) is 6.54 Å². The standard InChI is InChI=1S/C10H17NO4/c1-10(2,3)15-9(14)11(4)7-5-6-8(12)13/h5-6H,7H2,1-4H3,(H,12,13)/b6-5+/i4D3. The van der Waals surface area contributed by atoms with Crippen LogP contribution in [0.25, 0.3) is 0 Å². The first-order valence-electron chi connectivity index (χ1n) is 5.83. The number of ether oxygens (including phenoxy) is 1. The molecule has 0 heterocycles. The molecular weight excluding hydrogens is 198 g/mol. The molecule has 0 aromatic heterocycles. The molecule has 0 saturated heterocycles. The Morgan fingerprint density at radius 2 is 2.13 bits per heavy atom. The number of carboxylic acid groups (broad SMARTS) is 1. The van der Waals surface area contributed by atoms with Crippen molar-refractivity contribution >= 4 is 12.1 Å². The molecule has 0 aromatic carbocycles. The SMILES string of the molecule is [2H]C([2H])([2H])N(C/C=C/C(=O)O)C(=O)OC(C)(C)C. The minimum atomic E-state index is -2.69. The van der Waals surface area contributed by atoms with E-state index < -0.39 is 24.6 Å². The lowest BCUT2D eigenvalue weighted by Gasteiger charge is -2.23. The van der Waals surface area contributed by atoms with Crippen molar-refractivity contribution in [1.82, 2.24) is 4.90 Å². The summed E-state index contributed by atoms with van der Waals surface area (Å²) in [5, 5.41) is 8.39. The van der Waals surface area contributed by atoms with Gasteiger partial charge < -0.3 is 14.7 Å². The second-order valence-corrected chi connectivity index (χ2v) is 3.83. The minimum Gasteiger partial charge on any atom is -0.478 e. The lowest BCUT2D eigenvalue weighted by molar-refractivity contribution is -0.131. The number of likely N-dealkylation sites (N-methyl/N-ethyl adjacent to an activating group) is 1. The fraction of sp³-hybridized carbons (Fsp3) is 0.600. The molecule has 0 unspecified atom stereocenters. The van der Waals surface area contributed by atoms with Crippen molar-refractivity contribution in [2.24, 2.45) is 0 Å². The maximum absolute atomic E-state index is 11.6. The van der Waals surface area contributed by atoms with Gasteiger partial charge in [-0.2, -0.15) is 0 Å². The van der Waals surface area contributed by atoms with E-state index in [1.165, 1.54) is 0 Å². The number of aliphatic carboxylic acids is 1. The van der Waals surface area contributed by atoms with E-state index in [2.05, 4.69) is 0 Å². The predicted octanol–water partition coefficient (Wildman–Crippen LogP) is 1.49. The highest BCUT2D eigenvalue weighted by atomic mass is 16.6. The lowest BCUT2D eigenvalue weighted by Crippen LogP contribution is -2.34. The lowest BCUT2D eigenvalue weighted by atomic mass is 10.2. The molecule has 15 heavy (non-hydrogen) atoms. The van der Waals surface area contributed by atoms with Crippen LogP contribution < -0.4 is 0 Å². The molecule has 5 nitrogen and oxygen atoms in total. The Morgan fingerprint density at radius 1 is 1.53 bits per heavy atom. The van der Waals surface area contributed by atoms with Crippen LogP contribution in [-0.2, 0) is 9.53 Å². The maximum atomic E-state index is 11.6. The van der Waals surface area contributed by atoms with Crippen LogP contribution in [0.15, 0.2) is 12.2 Å². The van der Waals surface area contributed by atoms with Gasteiger partial charge in [0.15, 0.2) is 0 Å². The molecule has 0 bridgehead atoms. The van der Waals surface area contributed by atoms with Gasteiger partial charge >= 0.3 is 12.1 Å². The number of hydrogen-bond acceptors (Lipinski definition) is 3. The molecule has 0 rings (SSSR count). The number of amides is 1. The first-order valence-corrected chi connectivity index (χ1v) is 4.33.